The Morgan fingerprint density at radius 1 is 0.837 bits per heavy atom. The molecule has 7 rings (SSSR count). The maximum absolute atomic E-state index is 14.2. The molecule has 3 heterocycles. The highest BCUT2D eigenvalue weighted by Crippen LogP contribution is 2.54. The van der Waals surface area contributed by atoms with Gasteiger partial charge >= 0.3 is 11.0 Å². The average molecular weight is 702 g/mol. The number of halogens is 3. The predicted molar refractivity (Wildman–Crippen MR) is 185 cm³/mol. The number of carbonyl (C=O) groups is 3. The van der Waals surface area contributed by atoms with Crippen molar-refractivity contribution in [2.45, 2.75) is 55.1 Å². The van der Waals surface area contributed by atoms with E-state index in [0.29, 0.717) is 26.1 Å². The average Bonchev–Trinajstić information content (AvgIpc) is 3.50. The number of fused-ring (bicyclic) bond motifs is 3. The van der Waals surface area contributed by atoms with Gasteiger partial charge in [-0.2, -0.15) is 13.2 Å². The molecule has 4 aromatic carbocycles. The van der Waals surface area contributed by atoms with Gasteiger partial charge in [-0.1, -0.05) is 117 Å². The van der Waals surface area contributed by atoms with Crippen LogP contribution < -0.4 is 15.1 Å². The molecule has 7 nitrogen and oxygen atoms in total. The maximum atomic E-state index is 14.2. The van der Waals surface area contributed by atoms with Crippen LogP contribution in [0.5, 0.6) is 0 Å². The lowest BCUT2D eigenvalue weighted by atomic mass is 9.81. The topological polar surface area (TPSA) is 88.5 Å². The van der Waals surface area contributed by atoms with Crippen molar-refractivity contribution in [1.29, 1.82) is 0 Å². The fourth-order valence-electron chi connectivity index (χ4n) is 6.62. The summed E-state index contributed by atoms with van der Waals surface area (Å²) in [6.07, 6.45) is -4.81. The summed E-state index contributed by atoms with van der Waals surface area (Å²) in [7, 11) is 0. The third-order valence-corrected chi connectivity index (χ3v) is 11.6. The number of hydrogen-bond donors (Lipinski definition) is 1. The molecule has 0 saturated carbocycles. The standard InChI is InChI=1S/C37H30F3N3O4S2/c1-36(2,3)22-17-15-21(16-18-22)28-29-30(33(46)43(32(29)45)26-14-7-6-12-24(26)37(38,39)40)48-34-31(28)49-35(47)42(34)19-27(44)41-25-13-8-10-20-9-4-5-11-23(20)25/h4-18,28-30H,19H2,1-3H3,(H,41,44). The first-order valence-corrected chi connectivity index (χ1v) is 17.3. The van der Waals surface area contributed by atoms with E-state index >= 15 is 0 Å². The highest BCUT2D eigenvalue weighted by atomic mass is 32.2. The third-order valence-electron chi connectivity index (χ3n) is 9.00. The van der Waals surface area contributed by atoms with Crippen LogP contribution >= 0.6 is 23.1 Å². The van der Waals surface area contributed by atoms with Gasteiger partial charge in [-0.3, -0.25) is 23.7 Å². The van der Waals surface area contributed by atoms with Crippen molar-refractivity contribution in [1.82, 2.24) is 4.57 Å². The molecule has 3 amide bonds. The Kier molecular flexibility index (Phi) is 8.06. The number of nitrogens with zero attached hydrogens (tertiary/aromatic N) is 2. The molecule has 3 unspecified atom stereocenters. The number of para-hydroxylation sites is 1. The Labute approximate surface area is 287 Å². The summed E-state index contributed by atoms with van der Waals surface area (Å²) in [6, 6.07) is 25.1. The first-order chi connectivity index (χ1) is 23.2. The number of anilines is 2. The highest BCUT2D eigenvalue weighted by molar-refractivity contribution is 8.00. The number of rotatable bonds is 5. The summed E-state index contributed by atoms with van der Waals surface area (Å²) in [5, 5.41) is 3.86. The summed E-state index contributed by atoms with van der Waals surface area (Å²) in [4.78, 5) is 56.0. The van der Waals surface area contributed by atoms with E-state index in [4.69, 9.17) is 0 Å². The van der Waals surface area contributed by atoms with Crippen molar-refractivity contribution >= 4 is 63.0 Å². The number of benzene rings is 4. The number of thioether (sulfide) groups is 1. The smallest absolute Gasteiger partial charge is 0.324 e. The molecule has 0 bridgehead atoms. The molecule has 250 valence electrons. The van der Waals surface area contributed by atoms with Gasteiger partial charge in [0.1, 0.15) is 11.8 Å². The third kappa shape index (κ3) is 5.76. The van der Waals surface area contributed by atoms with Crippen LogP contribution in [0.2, 0.25) is 0 Å². The van der Waals surface area contributed by atoms with Crippen LogP contribution in [0.1, 0.15) is 48.3 Å². The minimum atomic E-state index is -4.81. The summed E-state index contributed by atoms with van der Waals surface area (Å²) >= 11 is 1.84. The second-order valence-corrected chi connectivity index (χ2v) is 15.3. The molecule has 0 aliphatic carbocycles. The second kappa shape index (κ2) is 12.0. The van der Waals surface area contributed by atoms with Crippen molar-refractivity contribution < 1.29 is 27.6 Å². The normalized spacial score (nSPS) is 19.2. The summed E-state index contributed by atoms with van der Waals surface area (Å²) < 4.78 is 43.6. The van der Waals surface area contributed by atoms with E-state index in [-0.39, 0.29) is 12.0 Å². The van der Waals surface area contributed by atoms with Crippen LogP contribution in [0, 0.1) is 5.92 Å². The first-order valence-electron chi connectivity index (χ1n) is 15.6. The van der Waals surface area contributed by atoms with Gasteiger partial charge in [0.15, 0.2) is 0 Å². The van der Waals surface area contributed by atoms with Gasteiger partial charge < -0.3 is 5.32 Å². The molecule has 2 aliphatic rings. The van der Waals surface area contributed by atoms with E-state index in [1.807, 2.05) is 60.7 Å². The Balaban J connectivity index is 1.31. The first kappa shape index (κ1) is 32.8. The summed E-state index contributed by atoms with van der Waals surface area (Å²) in [5.41, 5.74) is 0.423. The number of imide groups is 1. The van der Waals surface area contributed by atoms with Gasteiger partial charge in [0, 0.05) is 21.9 Å². The number of amides is 3. The monoisotopic (exact) mass is 701 g/mol. The van der Waals surface area contributed by atoms with Gasteiger partial charge in [0.05, 0.1) is 22.2 Å². The minimum absolute atomic E-state index is 0.183. The van der Waals surface area contributed by atoms with Crippen LogP contribution in [-0.2, 0) is 32.5 Å². The van der Waals surface area contributed by atoms with Gasteiger partial charge in [0.25, 0.3) is 0 Å². The number of alkyl halides is 3. The highest BCUT2D eigenvalue weighted by Gasteiger charge is 2.57. The summed E-state index contributed by atoms with van der Waals surface area (Å²) in [5.74, 6) is -3.93. The van der Waals surface area contributed by atoms with E-state index in [1.54, 1.807) is 6.07 Å². The Bertz CT molecular complexity index is 2200. The number of carbonyl (C=O) groups excluding carboxylic acids is 3. The van der Waals surface area contributed by atoms with Gasteiger partial charge in [-0.25, -0.2) is 4.90 Å². The molecule has 3 atom stereocenters. The van der Waals surface area contributed by atoms with E-state index in [0.717, 1.165) is 51.6 Å². The molecular formula is C37H30F3N3O4S2. The van der Waals surface area contributed by atoms with E-state index < -0.39 is 57.1 Å². The van der Waals surface area contributed by atoms with E-state index in [1.165, 1.54) is 16.7 Å². The minimum Gasteiger partial charge on any atom is -0.324 e. The van der Waals surface area contributed by atoms with Crippen molar-refractivity contribution in [3.8, 4) is 0 Å². The van der Waals surface area contributed by atoms with Crippen LogP contribution in [0.4, 0.5) is 24.5 Å². The molecule has 1 fully saturated rings. The molecule has 1 N–H and O–H groups in total. The zero-order valence-electron chi connectivity index (χ0n) is 26.6. The fourth-order valence-corrected chi connectivity index (χ4v) is 9.39. The zero-order chi connectivity index (χ0) is 34.8. The van der Waals surface area contributed by atoms with Gasteiger partial charge in [-0.15, -0.1) is 0 Å². The molecule has 49 heavy (non-hydrogen) atoms. The van der Waals surface area contributed by atoms with Crippen LogP contribution in [0.3, 0.4) is 0 Å². The van der Waals surface area contributed by atoms with Gasteiger partial charge in [-0.05, 0) is 40.1 Å². The zero-order valence-corrected chi connectivity index (χ0v) is 28.2. The Hall–Kier alpha value is -4.68. The Morgan fingerprint density at radius 3 is 2.22 bits per heavy atom. The largest absolute Gasteiger partial charge is 0.418 e. The molecule has 2 aliphatic heterocycles. The molecule has 12 heteroatoms. The SMILES string of the molecule is CC(C)(C)c1ccc(C2c3sc(=O)n(CC(=O)Nc4cccc5ccccc45)c3SC3C(=O)N(c4ccccc4C(F)(F)F)C(=O)C32)cc1. The van der Waals surface area contributed by atoms with Crippen LogP contribution in [-0.4, -0.2) is 27.5 Å². The van der Waals surface area contributed by atoms with Crippen molar-refractivity contribution in [2.24, 2.45) is 5.92 Å². The van der Waals surface area contributed by atoms with E-state index in [2.05, 4.69) is 26.1 Å². The lowest BCUT2D eigenvalue weighted by Gasteiger charge is -2.31. The van der Waals surface area contributed by atoms with Crippen molar-refractivity contribution in [2.75, 3.05) is 10.2 Å². The Morgan fingerprint density at radius 2 is 1.51 bits per heavy atom. The molecule has 1 saturated heterocycles. The second-order valence-electron chi connectivity index (χ2n) is 13.1. The van der Waals surface area contributed by atoms with E-state index in [9.17, 15) is 32.3 Å². The predicted octanol–water partition coefficient (Wildman–Crippen LogP) is 7.81. The molecule has 0 radical (unpaired) electrons. The quantitative estimate of drug-likeness (QED) is 0.189. The fraction of sp³-hybridized carbons (Fsp3) is 0.243. The maximum Gasteiger partial charge on any atom is 0.418 e. The number of aromatic nitrogens is 1. The lowest BCUT2D eigenvalue weighted by Crippen LogP contribution is -2.33. The molecule has 0 spiro atoms. The van der Waals surface area contributed by atoms with Crippen LogP contribution in [0.15, 0.2) is 101 Å². The molecule has 1 aromatic heterocycles. The molecule has 5 aromatic rings. The van der Waals surface area contributed by atoms with Crippen molar-refractivity contribution in [3.05, 3.63) is 122 Å². The molecular weight excluding hydrogens is 672 g/mol. The lowest BCUT2D eigenvalue weighted by molar-refractivity contribution is -0.137. The van der Waals surface area contributed by atoms with Crippen molar-refractivity contribution in [3.63, 3.8) is 0 Å². The number of hydrogen-bond acceptors (Lipinski definition) is 6. The number of thiazole rings is 1. The van der Waals surface area contributed by atoms with Gasteiger partial charge in [0.2, 0.25) is 17.7 Å². The number of nitrogens with one attached hydrogen (secondary N) is 1. The summed E-state index contributed by atoms with van der Waals surface area (Å²) in [6.45, 7) is 5.80. The van der Waals surface area contributed by atoms with Crippen LogP contribution in [0.25, 0.3) is 10.8 Å².